The summed E-state index contributed by atoms with van der Waals surface area (Å²) in [6.45, 7) is 0. The largest absolute Gasteiger partial charge is 0.497 e. The fourth-order valence-corrected chi connectivity index (χ4v) is 1.28. The van der Waals surface area contributed by atoms with Crippen LogP contribution in [-0.4, -0.2) is 24.3 Å². The summed E-state index contributed by atoms with van der Waals surface area (Å²) in [6.07, 6.45) is 2.07. The molecule has 0 bridgehead atoms. The lowest BCUT2D eigenvalue weighted by Crippen LogP contribution is -2.09. The van der Waals surface area contributed by atoms with Crippen LogP contribution in [0.5, 0.6) is 5.75 Å². The van der Waals surface area contributed by atoms with Crippen molar-refractivity contribution in [2.45, 2.75) is 19.2 Å². The second-order valence-electron chi connectivity index (χ2n) is 3.22. The minimum atomic E-state index is -1.19. The highest BCUT2D eigenvalue weighted by Crippen LogP contribution is 2.13. The standard InChI is InChI=1S/C10H15BO3/c1-14-10-6-4-9(5-7-10)3-2-8-11(12)13/h4-7,12-13H,2-3,8H2,1H3. The second-order valence-corrected chi connectivity index (χ2v) is 3.22. The Balaban J connectivity index is 2.36. The van der Waals surface area contributed by atoms with Crippen molar-refractivity contribution in [2.24, 2.45) is 0 Å². The van der Waals surface area contributed by atoms with Crippen molar-refractivity contribution in [1.82, 2.24) is 0 Å². The molecular formula is C10H15BO3. The van der Waals surface area contributed by atoms with E-state index in [0.717, 1.165) is 18.6 Å². The first-order valence-electron chi connectivity index (χ1n) is 4.71. The molecule has 2 N–H and O–H groups in total. The Morgan fingerprint density at radius 2 is 1.86 bits per heavy atom. The van der Waals surface area contributed by atoms with Gasteiger partial charge in [0.25, 0.3) is 0 Å². The van der Waals surface area contributed by atoms with E-state index < -0.39 is 7.12 Å². The summed E-state index contributed by atoms with van der Waals surface area (Å²) in [5, 5.41) is 17.3. The van der Waals surface area contributed by atoms with Crippen molar-refractivity contribution in [1.29, 1.82) is 0 Å². The molecule has 1 rings (SSSR count). The smallest absolute Gasteiger partial charge is 0.451 e. The van der Waals surface area contributed by atoms with E-state index in [9.17, 15) is 0 Å². The fraction of sp³-hybridized carbons (Fsp3) is 0.400. The van der Waals surface area contributed by atoms with Crippen LogP contribution in [0.2, 0.25) is 6.32 Å². The maximum atomic E-state index is 8.65. The van der Waals surface area contributed by atoms with Crippen LogP contribution >= 0.6 is 0 Å². The lowest BCUT2D eigenvalue weighted by molar-refractivity contribution is 0.403. The number of methoxy groups -OCH3 is 1. The Labute approximate surface area is 84.5 Å². The van der Waals surface area contributed by atoms with E-state index in [-0.39, 0.29) is 0 Å². The molecule has 0 spiro atoms. The molecule has 0 aliphatic heterocycles. The van der Waals surface area contributed by atoms with Crippen LogP contribution in [0.1, 0.15) is 12.0 Å². The van der Waals surface area contributed by atoms with Gasteiger partial charge in [-0.2, -0.15) is 0 Å². The number of hydrogen-bond donors (Lipinski definition) is 2. The van der Waals surface area contributed by atoms with Gasteiger partial charge in [-0.15, -0.1) is 0 Å². The zero-order valence-corrected chi connectivity index (χ0v) is 8.31. The summed E-state index contributed by atoms with van der Waals surface area (Å²) < 4.78 is 5.03. The molecule has 0 saturated carbocycles. The predicted octanol–water partition coefficient (Wildman–Crippen LogP) is 1.10. The van der Waals surface area contributed by atoms with E-state index in [2.05, 4.69) is 0 Å². The predicted molar refractivity (Wildman–Crippen MR) is 56.3 cm³/mol. The molecule has 0 heterocycles. The first kappa shape index (κ1) is 11.1. The monoisotopic (exact) mass is 194 g/mol. The molecule has 0 aliphatic carbocycles. The third-order valence-electron chi connectivity index (χ3n) is 2.09. The highest BCUT2D eigenvalue weighted by atomic mass is 16.5. The third kappa shape index (κ3) is 3.81. The van der Waals surface area contributed by atoms with Crippen LogP contribution in [0.15, 0.2) is 24.3 Å². The molecule has 0 saturated heterocycles. The number of aryl methyl sites for hydroxylation is 1. The molecule has 0 aromatic heterocycles. The van der Waals surface area contributed by atoms with Crippen LogP contribution in [0.4, 0.5) is 0 Å². The summed E-state index contributed by atoms with van der Waals surface area (Å²) in [6, 6.07) is 7.79. The highest BCUT2D eigenvalue weighted by molar-refractivity contribution is 6.40. The SMILES string of the molecule is COc1ccc(CCCB(O)O)cc1. The highest BCUT2D eigenvalue weighted by Gasteiger charge is 2.05. The molecular weight excluding hydrogens is 179 g/mol. The molecule has 14 heavy (non-hydrogen) atoms. The molecule has 0 unspecified atom stereocenters. The molecule has 0 fully saturated rings. The molecule has 76 valence electrons. The van der Waals surface area contributed by atoms with E-state index >= 15 is 0 Å². The molecule has 4 heteroatoms. The molecule has 0 aliphatic rings. The first-order chi connectivity index (χ1) is 6.72. The number of ether oxygens (including phenoxy) is 1. The number of rotatable bonds is 5. The quantitative estimate of drug-likeness (QED) is 0.690. The van der Waals surface area contributed by atoms with Gasteiger partial charge in [0.1, 0.15) is 5.75 Å². The van der Waals surface area contributed by atoms with Gasteiger partial charge in [-0.05, 0) is 30.4 Å². The van der Waals surface area contributed by atoms with Crippen LogP contribution in [-0.2, 0) is 6.42 Å². The van der Waals surface area contributed by atoms with E-state index in [4.69, 9.17) is 14.8 Å². The Bertz CT molecular complexity index is 259. The van der Waals surface area contributed by atoms with E-state index in [1.807, 2.05) is 24.3 Å². The van der Waals surface area contributed by atoms with Gasteiger partial charge in [-0.1, -0.05) is 18.6 Å². The lowest BCUT2D eigenvalue weighted by Gasteiger charge is -2.03. The minimum Gasteiger partial charge on any atom is -0.497 e. The van der Waals surface area contributed by atoms with Gasteiger partial charge in [0.2, 0.25) is 0 Å². The van der Waals surface area contributed by atoms with Gasteiger partial charge < -0.3 is 14.8 Å². The Morgan fingerprint density at radius 1 is 1.21 bits per heavy atom. The first-order valence-corrected chi connectivity index (χ1v) is 4.71. The Morgan fingerprint density at radius 3 is 2.36 bits per heavy atom. The molecule has 0 radical (unpaired) electrons. The van der Waals surface area contributed by atoms with Gasteiger partial charge in [-0.25, -0.2) is 0 Å². The normalized spacial score (nSPS) is 9.93. The van der Waals surface area contributed by atoms with Crippen LogP contribution < -0.4 is 4.74 Å². The van der Waals surface area contributed by atoms with Crippen LogP contribution in [0, 0.1) is 0 Å². The zero-order chi connectivity index (χ0) is 10.4. The summed E-state index contributed by atoms with van der Waals surface area (Å²) >= 11 is 0. The molecule has 3 nitrogen and oxygen atoms in total. The Kier molecular flexibility index (Phi) is 4.49. The van der Waals surface area contributed by atoms with Crippen molar-refractivity contribution >= 4 is 7.12 Å². The summed E-state index contributed by atoms with van der Waals surface area (Å²) in [7, 11) is 0.449. The van der Waals surface area contributed by atoms with Gasteiger partial charge in [0.05, 0.1) is 7.11 Å². The average molecular weight is 194 g/mol. The van der Waals surface area contributed by atoms with E-state index in [0.29, 0.717) is 6.32 Å². The van der Waals surface area contributed by atoms with Gasteiger partial charge in [0, 0.05) is 0 Å². The maximum Gasteiger partial charge on any atom is 0.451 e. The van der Waals surface area contributed by atoms with Crippen molar-refractivity contribution in [2.75, 3.05) is 7.11 Å². The van der Waals surface area contributed by atoms with Gasteiger partial charge >= 0.3 is 7.12 Å². The van der Waals surface area contributed by atoms with Crippen molar-refractivity contribution in [3.63, 3.8) is 0 Å². The van der Waals surface area contributed by atoms with Crippen molar-refractivity contribution < 1.29 is 14.8 Å². The van der Waals surface area contributed by atoms with Gasteiger partial charge in [0.15, 0.2) is 0 Å². The van der Waals surface area contributed by atoms with Crippen LogP contribution in [0.3, 0.4) is 0 Å². The van der Waals surface area contributed by atoms with Gasteiger partial charge in [-0.3, -0.25) is 0 Å². The van der Waals surface area contributed by atoms with E-state index in [1.165, 1.54) is 5.56 Å². The van der Waals surface area contributed by atoms with Crippen LogP contribution in [0.25, 0.3) is 0 Å². The molecule has 0 atom stereocenters. The molecule has 0 amide bonds. The minimum absolute atomic E-state index is 0.423. The average Bonchev–Trinajstić information content (AvgIpc) is 2.18. The van der Waals surface area contributed by atoms with E-state index in [1.54, 1.807) is 7.11 Å². The Hall–Kier alpha value is -0.995. The summed E-state index contributed by atoms with van der Waals surface area (Å²) in [4.78, 5) is 0. The fourth-order valence-electron chi connectivity index (χ4n) is 1.28. The molecule has 1 aromatic rings. The topological polar surface area (TPSA) is 49.7 Å². The molecule has 1 aromatic carbocycles. The zero-order valence-electron chi connectivity index (χ0n) is 8.31. The third-order valence-corrected chi connectivity index (χ3v) is 2.09. The number of hydrogen-bond acceptors (Lipinski definition) is 3. The summed E-state index contributed by atoms with van der Waals surface area (Å²) in [5.74, 6) is 0.843. The lowest BCUT2D eigenvalue weighted by atomic mass is 9.83. The summed E-state index contributed by atoms with van der Waals surface area (Å²) in [5.41, 5.74) is 1.19. The maximum absolute atomic E-state index is 8.65. The number of benzene rings is 1. The second kappa shape index (κ2) is 5.68. The van der Waals surface area contributed by atoms with Crippen molar-refractivity contribution in [3.8, 4) is 5.75 Å². The van der Waals surface area contributed by atoms with Crippen molar-refractivity contribution in [3.05, 3.63) is 29.8 Å².